The highest BCUT2D eigenvalue weighted by Gasteiger charge is 2.16. The van der Waals surface area contributed by atoms with Gasteiger partial charge in [-0.1, -0.05) is 0 Å². The summed E-state index contributed by atoms with van der Waals surface area (Å²) >= 11 is 0. The van der Waals surface area contributed by atoms with E-state index in [1.54, 1.807) is 0 Å². The van der Waals surface area contributed by atoms with Gasteiger partial charge in [0, 0.05) is 19.6 Å². The summed E-state index contributed by atoms with van der Waals surface area (Å²) in [6.07, 6.45) is 3.70. The first-order valence-electron chi connectivity index (χ1n) is 5.68. The second kappa shape index (κ2) is 7.65. The van der Waals surface area contributed by atoms with Crippen LogP contribution in [-0.4, -0.2) is 38.5 Å². The Balaban J connectivity index is 1.93. The predicted octanol–water partition coefficient (Wildman–Crippen LogP) is 1.53. The molecule has 4 nitrogen and oxygen atoms in total. The number of ether oxygens (including phenoxy) is 3. The molecule has 1 aliphatic heterocycles. The molecule has 1 saturated heterocycles. The molecule has 1 rings (SSSR count). The molecule has 0 amide bonds. The number of hydrogen-bond donors (Lipinski definition) is 0. The fraction of sp³-hybridized carbons (Fsp3) is 0.909. The van der Waals surface area contributed by atoms with Crippen molar-refractivity contribution in [2.75, 3.05) is 26.4 Å². The summed E-state index contributed by atoms with van der Waals surface area (Å²) in [6.45, 7) is 4.26. The van der Waals surface area contributed by atoms with Crippen molar-refractivity contribution < 1.29 is 19.0 Å². The van der Waals surface area contributed by atoms with Crippen LogP contribution >= 0.6 is 0 Å². The van der Waals surface area contributed by atoms with E-state index in [4.69, 9.17) is 14.2 Å². The van der Waals surface area contributed by atoms with Crippen molar-refractivity contribution >= 4 is 5.97 Å². The van der Waals surface area contributed by atoms with Gasteiger partial charge in [-0.3, -0.25) is 4.79 Å². The van der Waals surface area contributed by atoms with Gasteiger partial charge >= 0.3 is 5.97 Å². The minimum Gasteiger partial charge on any atom is -0.463 e. The standard InChI is InChI=1S/C11H20O4/c1-2-13-8-9-15-11(12)6-5-10-4-3-7-14-10/h10H,2-9H2,1H3. The number of rotatable bonds is 7. The molecule has 88 valence electrons. The topological polar surface area (TPSA) is 44.8 Å². The van der Waals surface area contributed by atoms with E-state index < -0.39 is 0 Å². The molecule has 0 aromatic heterocycles. The maximum atomic E-state index is 11.2. The first-order chi connectivity index (χ1) is 7.33. The van der Waals surface area contributed by atoms with Gasteiger partial charge in [0.15, 0.2) is 0 Å². The molecule has 1 fully saturated rings. The zero-order valence-corrected chi connectivity index (χ0v) is 9.37. The van der Waals surface area contributed by atoms with Crippen LogP contribution in [0.25, 0.3) is 0 Å². The Labute approximate surface area is 90.9 Å². The fourth-order valence-electron chi connectivity index (χ4n) is 1.58. The van der Waals surface area contributed by atoms with E-state index >= 15 is 0 Å². The van der Waals surface area contributed by atoms with E-state index in [2.05, 4.69) is 0 Å². The molecule has 1 aliphatic rings. The molecular weight excluding hydrogens is 196 g/mol. The Morgan fingerprint density at radius 1 is 1.47 bits per heavy atom. The number of carbonyl (C=O) groups is 1. The Bertz CT molecular complexity index is 175. The fourth-order valence-corrected chi connectivity index (χ4v) is 1.58. The van der Waals surface area contributed by atoms with Gasteiger partial charge in [-0.25, -0.2) is 0 Å². The van der Waals surface area contributed by atoms with Crippen molar-refractivity contribution in [3.8, 4) is 0 Å². The lowest BCUT2D eigenvalue weighted by atomic mass is 10.1. The maximum Gasteiger partial charge on any atom is 0.305 e. The zero-order chi connectivity index (χ0) is 10.9. The van der Waals surface area contributed by atoms with Crippen molar-refractivity contribution in [1.82, 2.24) is 0 Å². The minimum atomic E-state index is -0.148. The van der Waals surface area contributed by atoms with Crippen molar-refractivity contribution in [2.24, 2.45) is 0 Å². The molecule has 0 bridgehead atoms. The molecule has 0 radical (unpaired) electrons. The van der Waals surface area contributed by atoms with Crippen LogP contribution in [-0.2, 0) is 19.0 Å². The molecular formula is C11H20O4. The second-order valence-corrected chi connectivity index (χ2v) is 3.59. The minimum absolute atomic E-state index is 0.148. The van der Waals surface area contributed by atoms with Gasteiger partial charge in [0.1, 0.15) is 6.61 Å². The quantitative estimate of drug-likeness (QED) is 0.478. The third kappa shape index (κ3) is 5.74. The highest BCUT2D eigenvalue weighted by Crippen LogP contribution is 2.16. The normalized spacial score (nSPS) is 20.5. The van der Waals surface area contributed by atoms with Gasteiger partial charge in [-0.05, 0) is 26.2 Å². The van der Waals surface area contributed by atoms with Crippen LogP contribution in [0, 0.1) is 0 Å². The highest BCUT2D eigenvalue weighted by molar-refractivity contribution is 5.69. The number of esters is 1. The predicted molar refractivity (Wildman–Crippen MR) is 55.7 cm³/mol. The third-order valence-electron chi connectivity index (χ3n) is 2.39. The molecule has 15 heavy (non-hydrogen) atoms. The molecule has 0 N–H and O–H groups in total. The molecule has 0 aromatic carbocycles. The van der Waals surface area contributed by atoms with E-state index in [-0.39, 0.29) is 12.1 Å². The summed E-state index contributed by atoms with van der Waals surface area (Å²) in [5, 5.41) is 0. The molecule has 0 saturated carbocycles. The van der Waals surface area contributed by atoms with Crippen molar-refractivity contribution in [1.29, 1.82) is 0 Å². The van der Waals surface area contributed by atoms with E-state index in [0.717, 1.165) is 25.9 Å². The summed E-state index contributed by atoms with van der Waals surface area (Å²) in [6, 6.07) is 0. The summed E-state index contributed by atoms with van der Waals surface area (Å²) in [4.78, 5) is 11.2. The molecule has 1 unspecified atom stereocenters. The summed E-state index contributed by atoms with van der Waals surface area (Å²) in [5.41, 5.74) is 0. The molecule has 0 spiro atoms. The Hall–Kier alpha value is -0.610. The molecule has 1 heterocycles. The average Bonchev–Trinajstić information content (AvgIpc) is 2.74. The van der Waals surface area contributed by atoms with E-state index in [1.165, 1.54) is 0 Å². The van der Waals surface area contributed by atoms with Crippen LogP contribution in [0.15, 0.2) is 0 Å². The molecule has 0 aliphatic carbocycles. The molecule has 4 heteroatoms. The molecule has 1 atom stereocenters. The average molecular weight is 216 g/mol. The van der Waals surface area contributed by atoms with Crippen molar-refractivity contribution in [3.05, 3.63) is 0 Å². The van der Waals surface area contributed by atoms with Gasteiger partial charge in [0.05, 0.1) is 12.7 Å². The number of carbonyl (C=O) groups excluding carboxylic acids is 1. The van der Waals surface area contributed by atoms with Crippen LogP contribution in [0.4, 0.5) is 0 Å². The zero-order valence-electron chi connectivity index (χ0n) is 9.37. The van der Waals surface area contributed by atoms with Crippen LogP contribution in [0.3, 0.4) is 0 Å². The lowest BCUT2D eigenvalue weighted by molar-refractivity contribution is -0.145. The lowest BCUT2D eigenvalue weighted by Crippen LogP contribution is -2.13. The summed E-state index contributed by atoms with van der Waals surface area (Å²) in [5.74, 6) is -0.148. The van der Waals surface area contributed by atoms with Crippen LogP contribution < -0.4 is 0 Å². The van der Waals surface area contributed by atoms with Crippen LogP contribution in [0.5, 0.6) is 0 Å². The first-order valence-corrected chi connectivity index (χ1v) is 5.68. The van der Waals surface area contributed by atoms with Crippen molar-refractivity contribution in [2.45, 2.75) is 38.7 Å². The number of hydrogen-bond acceptors (Lipinski definition) is 4. The van der Waals surface area contributed by atoms with Gasteiger partial charge in [0.2, 0.25) is 0 Å². The van der Waals surface area contributed by atoms with Crippen LogP contribution in [0.1, 0.15) is 32.6 Å². The van der Waals surface area contributed by atoms with Crippen LogP contribution in [0.2, 0.25) is 0 Å². The van der Waals surface area contributed by atoms with E-state index in [0.29, 0.717) is 26.2 Å². The monoisotopic (exact) mass is 216 g/mol. The largest absolute Gasteiger partial charge is 0.463 e. The van der Waals surface area contributed by atoms with Gasteiger partial charge in [0.25, 0.3) is 0 Å². The Kier molecular flexibility index (Phi) is 6.36. The maximum absolute atomic E-state index is 11.2. The smallest absolute Gasteiger partial charge is 0.305 e. The van der Waals surface area contributed by atoms with Gasteiger partial charge in [-0.2, -0.15) is 0 Å². The highest BCUT2D eigenvalue weighted by atomic mass is 16.6. The van der Waals surface area contributed by atoms with E-state index in [1.807, 2.05) is 6.92 Å². The van der Waals surface area contributed by atoms with E-state index in [9.17, 15) is 4.79 Å². The summed E-state index contributed by atoms with van der Waals surface area (Å²) in [7, 11) is 0. The SMILES string of the molecule is CCOCCOC(=O)CCC1CCCO1. The first kappa shape index (κ1) is 12.5. The lowest BCUT2D eigenvalue weighted by Gasteiger charge is -2.08. The Morgan fingerprint density at radius 3 is 3.00 bits per heavy atom. The third-order valence-corrected chi connectivity index (χ3v) is 2.39. The summed E-state index contributed by atoms with van der Waals surface area (Å²) < 4.78 is 15.5. The second-order valence-electron chi connectivity index (χ2n) is 3.59. The van der Waals surface area contributed by atoms with Gasteiger partial charge in [-0.15, -0.1) is 0 Å². The van der Waals surface area contributed by atoms with Gasteiger partial charge < -0.3 is 14.2 Å². The Morgan fingerprint density at radius 2 is 2.33 bits per heavy atom. The van der Waals surface area contributed by atoms with Crippen molar-refractivity contribution in [3.63, 3.8) is 0 Å². The molecule has 0 aromatic rings.